The fourth-order valence-electron chi connectivity index (χ4n) is 7.59. The number of carbonyl (C=O) groups excluding carboxylic acids is 4. The number of rotatable bonds is 6. The zero-order valence-corrected chi connectivity index (χ0v) is 26.0. The Morgan fingerprint density at radius 2 is 0.740 bits per heavy atom. The van der Waals surface area contributed by atoms with E-state index in [-0.39, 0.29) is 78.4 Å². The van der Waals surface area contributed by atoms with E-state index >= 15 is 8.78 Å². The lowest BCUT2D eigenvalue weighted by atomic mass is 9.81. The average molecular weight is 671 g/mol. The van der Waals surface area contributed by atoms with Gasteiger partial charge in [-0.3, -0.25) is 29.0 Å². The first-order valence-corrected chi connectivity index (χ1v) is 15.8. The highest BCUT2D eigenvalue weighted by atomic mass is 19.1. The first-order chi connectivity index (χ1) is 24.2. The van der Waals surface area contributed by atoms with E-state index in [1.54, 1.807) is 48.5 Å². The lowest BCUT2D eigenvalue weighted by Crippen LogP contribution is -2.40. The average Bonchev–Trinajstić information content (AvgIpc) is 3.13. The molecule has 0 radical (unpaired) electrons. The van der Waals surface area contributed by atoms with Crippen LogP contribution in [0, 0.1) is 11.6 Å². The van der Waals surface area contributed by atoms with Gasteiger partial charge in [0.25, 0.3) is 23.6 Å². The molecule has 10 heteroatoms. The molecule has 7 aromatic carbocycles. The standard InChI is InChI=1S/C40H22F4N2O4/c41-15-19-1-5-21(6-2-19)17-45-37(47)25-11-9-23-34-30(44)14-28-32-26(38(48)46(40(28)50)18-22-7-3-20(16-42)4-8-22)12-10-24(36(32)34)33-29(43)13-27(39(45)49)31(25)35(23)33/h1-14H,15-18H2. The van der Waals surface area contributed by atoms with Crippen molar-refractivity contribution in [2.45, 2.75) is 26.4 Å². The number of alkyl halides is 2. The van der Waals surface area contributed by atoms with E-state index in [1.807, 2.05) is 0 Å². The van der Waals surface area contributed by atoms with Crippen LogP contribution in [0.15, 0.2) is 84.9 Å². The minimum Gasteiger partial charge on any atom is -0.270 e. The second kappa shape index (κ2) is 10.7. The third-order valence-electron chi connectivity index (χ3n) is 9.95. The van der Waals surface area contributed by atoms with Crippen LogP contribution in [0.5, 0.6) is 0 Å². The summed E-state index contributed by atoms with van der Waals surface area (Å²) in [6, 6.07) is 20.8. The Kier molecular flexibility index (Phi) is 6.39. The van der Waals surface area contributed by atoms with Crippen LogP contribution in [-0.2, 0) is 26.4 Å². The van der Waals surface area contributed by atoms with E-state index in [0.717, 1.165) is 21.9 Å². The highest BCUT2D eigenvalue weighted by Crippen LogP contribution is 2.48. The van der Waals surface area contributed by atoms with Crippen molar-refractivity contribution in [3.8, 4) is 0 Å². The topological polar surface area (TPSA) is 74.8 Å². The second-order valence-electron chi connectivity index (χ2n) is 12.7. The van der Waals surface area contributed by atoms with Crippen LogP contribution in [0.25, 0.3) is 43.1 Å². The van der Waals surface area contributed by atoms with Crippen molar-refractivity contribution in [3.05, 3.63) is 141 Å². The van der Waals surface area contributed by atoms with Crippen molar-refractivity contribution >= 4 is 66.7 Å². The van der Waals surface area contributed by atoms with Crippen molar-refractivity contribution < 1.29 is 36.7 Å². The zero-order valence-electron chi connectivity index (χ0n) is 26.0. The van der Waals surface area contributed by atoms with Crippen molar-refractivity contribution in [1.29, 1.82) is 0 Å². The van der Waals surface area contributed by atoms with Gasteiger partial charge in [-0.15, -0.1) is 0 Å². The number of hydrogen-bond acceptors (Lipinski definition) is 4. The SMILES string of the molecule is O=C1c2ccc3c4c(F)cc5c6c(ccc(c7c(F)cc(c2c37)C(=O)N1Cc1ccc(CF)cc1)c64)C(=O)N(Cc1ccc(CF)cc1)C5=O. The lowest BCUT2D eigenvalue weighted by Gasteiger charge is -2.30. The largest absolute Gasteiger partial charge is 0.270 e. The van der Waals surface area contributed by atoms with Gasteiger partial charge < -0.3 is 0 Å². The number of carbonyl (C=O) groups is 4. The maximum Gasteiger partial charge on any atom is 0.261 e. The summed E-state index contributed by atoms with van der Waals surface area (Å²) in [6.45, 7) is -1.57. The molecule has 0 aliphatic carbocycles. The predicted octanol–water partition coefficient (Wildman–Crippen LogP) is 8.55. The van der Waals surface area contributed by atoms with Gasteiger partial charge in [0, 0.05) is 43.4 Å². The fourth-order valence-corrected chi connectivity index (χ4v) is 7.59. The Morgan fingerprint density at radius 1 is 0.400 bits per heavy atom. The summed E-state index contributed by atoms with van der Waals surface area (Å²) >= 11 is 0. The molecule has 9 rings (SSSR count). The smallest absolute Gasteiger partial charge is 0.261 e. The summed E-state index contributed by atoms with van der Waals surface area (Å²) in [6.07, 6.45) is 0. The molecule has 0 saturated heterocycles. The molecule has 0 unspecified atom stereocenters. The molecule has 50 heavy (non-hydrogen) atoms. The zero-order chi connectivity index (χ0) is 34.6. The van der Waals surface area contributed by atoms with Gasteiger partial charge in [0.05, 0.1) is 24.2 Å². The summed E-state index contributed by atoms with van der Waals surface area (Å²) in [5, 5.41) is 1.25. The van der Waals surface area contributed by atoms with Gasteiger partial charge in [-0.25, -0.2) is 17.6 Å². The van der Waals surface area contributed by atoms with E-state index < -0.39 is 48.6 Å². The molecule has 0 N–H and O–H groups in total. The minimum absolute atomic E-state index is 0.0299. The molecular weight excluding hydrogens is 648 g/mol. The molecule has 0 spiro atoms. The molecule has 6 nitrogen and oxygen atoms in total. The summed E-state index contributed by atoms with van der Waals surface area (Å²) in [5.74, 6) is -4.28. The van der Waals surface area contributed by atoms with Gasteiger partial charge in [0.15, 0.2) is 0 Å². The predicted molar refractivity (Wildman–Crippen MR) is 178 cm³/mol. The van der Waals surface area contributed by atoms with E-state index in [2.05, 4.69) is 0 Å². The van der Waals surface area contributed by atoms with Crippen LogP contribution in [0.3, 0.4) is 0 Å². The summed E-state index contributed by atoms with van der Waals surface area (Å²) in [7, 11) is 0. The van der Waals surface area contributed by atoms with Gasteiger partial charge in [0.2, 0.25) is 0 Å². The number of nitrogens with zero attached hydrogens (tertiary/aromatic N) is 2. The van der Waals surface area contributed by atoms with E-state index in [9.17, 15) is 28.0 Å². The molecule has 2 aliphatic rings. The third-order valence-corrected chi connectivity index (χ3v) is 9.95. The molecule has 0 atom stereocenters. The van der Waals surface area contributed by atoms with Gasteiger partial charge in [-0.05, 0) is 57.3 Å². The van der Waals surface area contributed by atoms with E-state index in [0.29, 0.717) is 22.3 Å². The number of amides is 4. The molecular formula is C40H22F4N2O4. The lowest BCUT2D eigenvalue weighted by molar-refractivity contribution is 0.0583. The number of benzene rings is 7. The summed E-state index contributed by atoms with van der Waals surface area (Å²) < 4.78 is 58.9. The summed E-state index contributed by atoms with van der Waals surface area (Å²) in [5.41, 5.74) is 2.18. The first kappa shape index (κ1) is 29.9. The Labute approximate surface area is 280 Å². The van der Waals surface area contributed by atoms with E-state index in [1.165, 1.54) is 24.3 Å². The molecule has 0 fully saturated rings. The van der Waals surface area contributed by atoms with Gasteiger partial charge in [-0.2, -0.15) is 0 Å². The van der Waals surface area contributed by atoms with Crippen molar-refractivity contribution in [2.75, 3.05) is 0 Å². The Hall–Kier alpha value is -6.16. The maximum absolute atomic E-state index is 16.4. The van der Waals surface area contributed by atoms with Crippen molar-refractivity contribution in [2.24, 2.45) is 0 Å². The maximum atomic E-state index is 16.4. The number of imide groups is 2. The van der Waals surface area contributed by atoms with Crippen LogP contribution in [0.2, 0.25) is 0 Å². The quantitative estimate of drug-likeness (QED) is 0.0770. The molecule has 2 aliphatic heterocycles. The van der Waals surface area contributed by atoms with Gasteiger partial charge >= 0.3 is 0 Å². The monoisotopic (exact) mass is 670 g/mol. The number of fused-ring (bicyclic) bond motifs is 2. The number of hydrogen-bond donors (Lipinski definition) is 0. The Morgan fingerprint density at radius 3 is 1.10 bits per heavy atom. The van der Waals surface area contributed by atoms with Gasteiger partial charge in [-0.1, -0.05) is 60.7 Å². The fraction of sp³-hybridized carbons (Fsp3) is 0.100. The van der Waals surface area contributed by atoms with Crippen LogP contribution in [0.1, 0.15) is 63.7 Å². The van der Waals surface area contributed by atoms with Crippen LogP contribution >= 0.6 is 0 Å². The highest BCUT2D eigenvalue weighted by molar-refractivity contribution is 6.41. The van der Waals surface area contributed by atoms with Crippen molar-refractivity contribution in [3.63, 3.8) is 0 Å². The highest BCUT2D eigenvalue weighted by Gasteiger charge is 2.38. The molecule has 244 valence electrons. The van der Waals surface area contributed by atoms with Gasteiger partial charge in [0.1, 0.15) is 25.0 Å². The molecule has 0 saturated carbocycles. The summed E-state index contributed by atoms with van der Waals surface area (Å²) in [4.78, 5) is 57.4. The van der Waals surface area contributed by atoms with Crippen molar-refractivity contribution in [1.82, 2.24) is 9.80 Å². The Bertz CT molecular complexity index is 2490. The minimum atomic E-state index is -0.792. The molecule has 7 aromatic rings. The van der Waals surface area contributed by atoms with Crippen LogP contribution in [-0.4, -0.2) is 33.4 Å². The Balaban J connectivity index is 1.23. The molecule has 0 bridgehead atoms. The molecule has 0 aromatic heterocycles. The van der Waals surface area contributed by atoms with E-state index in [4.69, 9.17) is 0 Å². The first-order valence-electron chi connectivity index (χ1n) is 15.8. The van der Waals surface area contributed by atoms with Crippen LogP contribution in [0.4, 0.5) is 17.6 Å². The normalized spacial score (nSPS) is 14.4. The van der Waals surface area contributed by atoms with Crippen LogP contribution < -0.4 is 0 Å². The molecule has 2 heterocycles. The second-order valence-corrected chi connectivity index (χ2v) is 12.7. The third kappa shape index (κ3) is 4.01. The molecule has 4 amide bonds. The number of halogens is 4.